The number of nitrogens with zero attached hydrogens (tertiary/aromatic N) is 1. The lowest BCUT2D eigenvalue weighted by molar-refractivity contribution is 0.0190. The zero-order chi connectivity index (χ0) is 10.6. The van der Waals surface area contributed by atoms with Gasteiger partial charge < -0.3 is 10.1 Å². The Bertz CT molecular complexity index is 195. The van der Waals surface area contributed by atoms with Crippen LogP contribution in [0, 0.1) is 0 Å². The monoisotopic (exact) mass is 201 g/mol. The largest absolute Gasteiger partial charge is 0.379 e. The fraction of sp³-hybridized carbons (Fsp3) is 0.889. The van der Waals surface area contributed by atoms with E-state index in [1.165, 1.54) is 0 Å². The molecular formula is C9H19N3O2. The molecule has 14 heavy (non-hydrogen) atoms. The number of hydrogen-bond donors (Lipinski definition) is 2. The van der Waals surface area contributed by atoms with E-state index in [1.54, 1.807) is 0 Å². The minimum absolute atomic E-state index is 0.153. The van der Waals surface area contributed by atoms with Crippen molar-refractivity contribution in [3.8, 4) is 0 Å². The van der Waals surface area contributed by atoms with Gasteiger partial charge in [0.05, 0.1) is 13.2 Å². The van der Waals surface area contributed by atoms with Crippen molar-refractivity contribution in [2.24, 2.45) is 0 Å². The molecule has 1 saturated heterocycles. The van der Waals surface area contributed by atoms with Gasteiger partial charge in [0.25, 0.3) is 0 Å². The zero-order valence-electron chi connectivity index (χ0n) is 9.09. The third-order valence-electron chi connectivity index (χ3n) is 1.76. The van der Waals surface area contributed by atoms with Crippen molar-refractivity contribution in [3.63, 3.8) is 0 Å². The molecule has 5 nitrogen and oxygen atoms in total. The van der Waals surface area contributed by atoms with Gasteiger partial charge in [-0.1, -0.05) is 0 Å². The fourth-order valence-corrected chi connectivity index (χ4v) is 1.19. The number of ether oxygens (including phenoxy) is 1. The van der Waals surface area contributed by atoms with Crippen LogP contribution < -0.4 is 10.7 Å². The average Bonchev–Trinajstić information content (AvgIpc) is 2.02. The summed E-state index contributed by atoms with van der Waals surface area (Å²) in [7, 11) is 0. The summed E-state index contributed by atoms with van der Waals surface area (Å²) in [5.41, 5.74) is 2.58. The number of hydrogen-bond acceptors (Lipinski definition) is 3. The van der Waals surface area contributed by atoms with E-state index < -0.39 is 0 Å². The fourth-order valence-electron chi connectivity index (χ4n) is 1.19. The smallest absolute Gasteiger partial charge is 0.329 e. The van der Waals surface area contributed by atoms with Gasteiger partial charge in [0.2, 0.25) is 0 Å². The van der Waals surface area contributed by atoms with E-state index in [-0.39, 0.29) is 11.6 Å². The summed E-state index contributed by atoms with van der Waals surface area (Å²) in [6.07, 6.45) is 0. The van der Waals surface area contributed by atoms with E-state index in [0.29, 0.717) is 13.2 Å². The molecule has 0 bridgehead atoms. The molecule has 0 aromatic heterocycles. The van der Waals surface area contributed by atoms with Crippen molar-refractivity contribution in [1.29, 1.82) is 0 Å². The normalized spacial score (nSPS) is 19.1. The molecule has 1 fully saturated rings. The molecule has 0 saturated carbocycles. The van der Waals surface area contributed by atoms with E-state index >= 15 is 0 Å². The lowest BCUT2D eigenvalue weighted by atomic mass is 10.1. The molecule has 82 valence electrons. The van der Waals surface area contributed by atoms with Gasteiger partial charge in [-0.05, 0) is 20.8 Å². The zero-order valence-corrected chi connectivity index (χ0v) is 9.09. The van der Waals surface area contributed by atoms with Crippen molar-refractivity contribution in [3.05, 3.63) is 0 Å². The number of rotatable bonds is 1. The molecule has 1 rings (SSSR count). The predicted molar refractivity (Wildman–Crippen MR) is 53.8 cm³/mol. The van der Waals surface area contributed by atoms with Gasteiger partial charge in [0.15, 0.2) is 0 Å². The highest BCUT2D eigenvalue weighted by atomic mass is 16.5. The van der Waals surface area contributed by atoms with Crippen LogP contribution in [0.5, 0.6) is 0 Å². The first-order valence-electron chi connectivity index (χ1n) is 4.89. The quantitative estimate of drug-likeness (QED) is 0.643. The maximum atomic E-state index is 11.4. The first kappa shape index (κ1) is 11.3. The Hall–Kier alpha value is -0.810. The van der Waals surface area contributed by atoms with Gasteiger partial charge in [-0.3, -0.25) is 5.43 Å². The summed E-state index contributed by atoms with van der Waals surface area (Å²) < 4.78 is 5.17. The molecule has 2 amide bonds. The number of morpholine rings is 1. The Morgan fingerprint density at radius 3 is 2.36 bits per heavy atom. The Kier molecular flexibility index (Phi) is 3.71. The Balaban J connectivity index is 2.25. The van der Waals surface area contributed by atoms with E-state index in [4.69, 9.17) is 4.74 Å². The van der Waals surface area contributed by atoms with Crippen LogP contribution in [0.3, 0.4) is 0 Å². The topological polar surface area (TPSA) is 53.6 Å². The number of carbonyl (C=O) groups is 1. The Morgan fingerprint density at radius 2 is 1.86 bits per heavy atom. The molecule has 0 aromatic carbocycles. The number of amides is 2. The maximum absolute atomic E-state index is 11.4. The molecule has 0 spiro atoms. The van der Waals surface area contributed by atoms with Gasteiger partial charge in [0.1, 0.15) is 0 Å². The molecule has 1 aliphatic rings. The molecular weight excluding hydrogens is 182 g/mol. The number of hydrazine groups is 1. The van der Waals surface area contributed by atoms with Crippen molar-refractivity contribution >= 4 is 6.03 Å². The summed E-state index contributed by atoms with van der Waals surface area (Å²) in [6, 6.07) is -0.153. The Morgan fingerprint density at radius 1 is 1.29 bits per heavy atom. The van der Waals surface area contributed by atoms with E-state index in [2.05, 4.69) is 10.7 Å². The molecule has 0 radical (unpaired) electrons. The highest BCUT2D eigenvalue weighted by molar-refractivity contribution is 5.74. The number of nitrogens with one attached hydrogen (secondary N) is 2. The molecule has 2 N–H and O–H groups in total. The van der Waals surface area contributed by atoms with E-state index in [0.717, 1.165) is 13.1 Å². The van der Waals surface area contributed by atoms with Crippen LogP contribution in [0.2, 0.25) is 0 Å². The lowest BCUT2D eigenvalue weighted by Gasteiger charge is -2.29. The standard InChI is InChI=1S/C9H19N3O2/c1-9(2,3)10-8(13)11-12-4-6-14-7-5-12/h4-7H2,1-3H3,(H2,10,11,13). The first-order valence-corrected chi connectivity index (χ1v) is 4.89. The highest BCUT2D eigenvalue weighted by Crippen LogP contribution is 1.98. The van der Waals surface area contributed by atoms with Crippen LogP contribution in [0.25, 0.3) is 0 Å². The molecule has 5 heteroatoms. The summed E-state index contributed by atoms with van der Waals surface area (Å²) >= 11 is 0. The lowest BCUT2D eigenvalue weighted by Crippen LogP contribution is -2.55. The minimum atomic E-state index is -0.198. The van der Waals surface area contributed by atoms with Gasteiger partial charge in [-0.15, -0.1) is 0 Å². The second-order valence-corrected chi connectivity index (χ2v) is 4.42. The SMILES string of the molecule is CC(C)(C)NC(=O)NN1CCOCC1. The van der Waals surface area contributed by atoms with Crippen molar-refractivity contribution in [2.75, 3.05) is 26.3 Å². The predicted octanol–water partition coefficient (Wildman–Crippen LogP) is 0.331. The summed E-state index contributed by atoms with van der Waals surface area (Å²) in [5.74, 6) is 0. The molecule has 0 aliphatic carbocycles. The maximum Gasteiger partial charge on any atom is 0.329 e. The summed E-state index contributed by atoms with van der Waals surface area (Å²) in [6.45, 7) is 8.70. The first-order chi connectivity index (χ1) is 6.47. The molecule has 1 heterocycles. The Labute approximate surface area is 84.8 Å². The average molecular weight is 201 g/mol. The summed E-state index contributed by atoms with van der Waals surface area (Å²) in [5, 5.41) is 4.70. The molecule has 0 atom stereocenters. The third-order valence-corrected chi connectivity index (χ3v) is 1.76. The minimum Gasteiger partial charge on any atom is -0.379 e. The van der Waals surface area contributed by atoms with Crippen LogP contribution in [0.1, 0.15) is 20.8 Å². The van der Waals surface area contributed by atoms with Crippen LogP contribution in [0.4, 0.5) is 4.79 Å². The van der Waals surface area contributed by atoms with Crippen LogP contribution >= 0.6 is 0 Å². The number of urea groups is 1. The van der Waals surface area contributed by atoms with Crippen molar-refractivity contribution in [2.45, 2.75) is 26.3 Å². The van der Waals surface area contributed by atoms with Crippen LogP contribution in [0.15, 0.2) is 0 Å². The third kappa shape index (κ3) is 4.43. The molecule has 0 aromatic rings. The highest BCUT2D eigenvalue weighted by Gasteiger charge is 2.17. The van der Waals surface area contributed by atoms with Crippen molar-refractivity contribution < 1.29 is 9.53 Å². The second-order valence-electron chi connectivity index (χ2n) is 4.42. The van der Waals surface area contributed by atoms with Crippen molar-refractivity contribution in [1.82, 2.24) is 15.8 Å². The van der Waals surface area contributed by atoms with Gasteiger partial charge in [0, 0.05) is 18.6 Å². The number of carbonyl (C=O) groups excluding carboxylic acids is 1. The van der Waals surface area contributed by atoms with Gasteiger partial charge in [-0.2, -0.15) is 0 Å². The van der Waals surface area contributed by atoms with E-state index in [1.807, 2.05) is 25.8 Å². The second kappa shape index (κ2) is 4.61. The van der Waals surface area contributed by atoms with Gasteiger partial charge >= 0.3 is 6.03 Å². The summed E-state index contributed by atoms with van der Waals surface area (Å²) in [4.78, 5) is 11.4. The van der Waals surface area contributed by atoms with Crippen LogP contribution in [-0.4, -0.2) is 42.9 Å². The molecule has 1 aliphatic heterocycles. The molecule has 0 unspecified atom stereocenters. The van der Waals surface area contributed by atoms with E-state index in [9.17, 15) is 4.79 Å². The van der Waals surface area contributed by atoms with Crippen LogP contribution in [-0.2, 0) is 4.74 Å². The van der Waals surface area contributed by atoms with Gasteiger partial charge in [-0.25, -0.2) is 9.80 Å².